The summed E-state index contributed by atoms with van der Waals surface area (Å²) in [6.45, 7) is 8.95. The molecule has 3 aromatic heterocycles. The summed E-state index contributed by atoms with van der Waals surface area (Å²) in [4.78, 5) is 13.5. The summed E-state index contributed by atoms with van der Waals surface area (Å²) in [5, 5.41) is 13.2. The van der Waals surface area contributed by atoms with Crippen LogP contribution in [-0.2, 0) is 54.8 Å². The number of fused-ring (bicyclic) bond motifs is 8. The van der Waals surface area contributed by atoms with Gasteiger partial charge >= 0.3 is 5.97 Å². The second-order valence-corrected chi connectivity index (χ2v) is 13.9. The molecule has 6 aromatic rings. The lowest BCUT2D eigenvalue weighted by Crippen LogP contribution is -2.13. The third-order valence-corrected chi connectivity index (χ3v) is 10.6. The van der Waals surface area contributed by atoms with E-state index in [9.17, 15) is 9.18 Å². The molecule has 3 aromatic carbocycles. The predicted octanol–water partition coefficient (Wildman–Crippen LogP) is 8.46. The number of benzene rings is 3. The molecule has 1 aliphatic rings. The van der Waals surface area contributed by atoms with Crippen molar-refractivity contribution in [2.24, 2.45) is 0 Å². The fourth-order valence-electron chi connectivity index (χ4n) is 7.72. The maximum absolute atomic E-state index is 14.5. The van der Waals surface area contributed by atoms with Gasteiger partial charge in [-0.25, -0.2) is 9.18 Å². The molecule has 0 unspecified atom stereocenters. The van der Waals surface area contributed by atoms with E-state index in [0.29, 0.717) is 62.2 Å². The average Bonchev–Trinajstić information content (AvgIpc) is 3.77. The van der Waals surface area contributed by atoms with Crippen LogP contribution in [0.1, 0.15) is 64.0 Å². The third kappa shape index (κ3) is 6.70. The van der Waals surface area contributed by atoms with Gasteiger partial charge in [-0.3, -0.25) is 9.36 Å². The zero-order valence-corrected chi connectivity index (χ0v) is 31.3. The molecule has 52 heavy (non-hydrogen) atoms. The lowest BCUT2D eigenvalue weighted by atomic mass is 10.00. The Labute approximate surface area is 308 Å². The Morgan fingerprint density at radius 1 is 0.981 bits per heavy atom. The first kappa shape index (κ1) is 35.7. The Balaban J connectivity index is 1.38. The normalized spacial score (nSPS) is 14.0. The molecule has 0 radical (unpaired) electrons. The second-order valence-electron chi connectivity index (χ2n) is 13.5. The van der Waals surface area contributed by atoms with E-state index in [1.54, 1.807) is 19.2 Å². The van der Waals surface area contributed by atoms with E-state index in [-0.39, 0.29) is 5.82 Å². The summed E-state index contributed by atoms with van der Waals surface area (Å²) in [7, 11) is 3.12. The number of hydrogen-bond donors (Lipinski definition) is 0. The fraction of sp³-hybridized carbons (Fsp3) is 0.390. The quantitative estimate of drug-likeness (QED) is 0.166. The number of methoxy groups -OCH3 is 2. The maximum atomic E-state index is 14.5. The first-order valence-electron chi connectivity index (χ1n) is 18.1. The van der Waals surface area contributed by atoms with E-state index in [1.165, 1.54) is 13.2 Å². The number of nitrogens with zero attached hydrogens (tertiary/aromatic N) is 5. The SMILES string of the molecule is CCn1c(C(=O)OC)c2c3ccc(Cl)c(c31)-c1c(C)c(C)nn1CCCc1cc(n(CCOC)n1)CCc1cc(c3ccc(F)cc3c1)OCCC2. The van der Waals surface area contributed by atoms with Gasteiger partial charge in [0.05, 0.1) is 54.5 Å². The summed E-state index contributed by atoms with van der Waals surface area (Å²) in [5.41, 5.74) is 9.30. The van der Waals surface area contributed by atoms with Crippen LogP contribution in [0.4, 0.5) is 4.39 Å². The Hall–Kier alpha value is -4.67. The molecule has 0 saturated carbocycles. The highest BCUT2D eigenvalue weighted by Gasteiger charge is 2.28. The molecule has 8 bridgehead atoms. The smallest absolute Gasteiger partial charge is 0.354 e. The van der Waals surface area contributed by atoms with Gasteiger partial charge < -0.3 is 18.8 Å². The van der Waals surface area contributed by atoms with Crippen LogP contribution in [0.25, 0.3) is 32.9 Å². The van der Waals surface area contributed by atoms with E-state index in [0.717, 1.165) is 92.4 Å². The van der Waals surface area contributed by atoms with Crippen LogP contribution in [0.5, 0.6) is 5.75 Å². The molecule has 7 rings (SSSR count). The highest BCUT2D eigenvalue weighted by molar-refractivity contribution is 6.35. The van der Waals surface area contributed by atoms with Crippen molar-refractivity contribution in [1.82, 2.24) is 24.1 Å². The third-order valence-electron chi connectivity index (χ3n) is 10.3. The first-order chi connectivity index (χ1) is 25.2. The van der Waals surface area contributed by atoms with Crippen molar-refractivity contribution in [2.45, 2.75) is 78.9 Å². The molecule has 1 aliphatic heterocycles. The lowest BCUT2D eigenvalue weighted by Gasteiger charge is -2.15. The number of hydrogen-bond acceptors (Lipinski definition) is 6. The molecule has 4 heterocycles. The summed E-state index contributed by atoms with van der Waals surface area (Å²) in [6.07, 6.45) is 4.27. The molecule has 0 N–H and O–H groups in total. The Kier molecular flexibility index (Phi) is 10.4. The highest BCUT2D eigenvalue weighted by Crippen LogP contribution is 2.42. The number of aromatic nitrogens is 5. The number of ether oxygens (including phenoxy) is 3. The Morgan fingerprint density at radius 2 is 1.81 bits per heavy atom. The zero-order valence-electron chi connectivity index (χ0n) is 30.5. The molecule has 0 saturated heterocycles. The lowest BCUT2D eigenvalue weighted by molar-refractivity contribution is 0.0587. The first-order valence-corrected chi connectivity index (χ1v) is 18.5. The predicted molar refractivity (Wildman–Crippen MR) is 202 cm³/mol. The summed E-state index contributed by atoms with van der Waals surface area (Å²) in [5.74, 6) is 0.0332. The van der Waals surface area contributed by atoms with Gasteiger partial charge in [0.2, 0.25) is 0 Å². The number of esters is 1. The maximum Gasteiger partial charge on any atom is 0.354 e. The van der Waals surface area contributed by atoms with Gasteiger partial charge in [0.15, 0.2) is 0 Å². The summed E-state index contributed by atoms with van der Waals surface area (Å²) < 4.78 is 37.9. The van der Waals surface area contributed by atoms with Gasteiger partial charge in [0.1, 0.15) is 17.3 Å². The molecule has 0 amide bonds. The van der Waals surface area contributed by atoms with Crippen LogP contribution >= 0.6 is 11.6 Å². The molecular weight excluding hydrogens is 681 g/mol. The van der Waals surface area contributed by atoms with E-state index < -0.39 is 5.97 Å². The zero-order chi connectivity index (χ0) is 36.5. The number of halogens is 2. The molecule has 0 aliphatic carbocycles. The van der Waals surface area contributed by atoms with Crippen LogP contribution in [0.3, 0.4) is 0 Å². The molecule has 0 atom stereocenters. The van der Waals surface area contributed by atoms with Crippen LogP contribution in [0, 0.1) is 19.7 Å². The van der Waals surface area contributed by atoms with Gasteiger partial charge in [0.25, 0.3) is 0 Å². The second kappa shape index (κ2) is 15.1. The van der Waals surface area contributed by atoms with Crippen molar-refractivity contribution in [2.75, 3.05) is 27.4 Å². The fourth-order valence-corrected chi connectivity index (χ4v) is 7.96. The monoisotopic (exact) mass is 725 g/mol. The van der Waals surface area contributed by atoms with Gasteiger partial charge in [0, 0.05) is 42.2 Å². The number of aryl methyl sites for hydroxylation is 7. The summed E-state index contributed by atoms with van der Waals surface area (Å²) >= 11 is 7.12. The topological polar surface area (TPSA) is 85.3 Å². The molecule has 272 valence electrons. The van der Waals surface area contributed by atoms with Crippen LogP contribution < -0.4 is 4.74 Å². The van der Waals surface area contributed by atoms with E-state index >= 15 is 0 Å². The van der Waals surface area contributed by atoms with E-state index in [4.69, 9.17) is 36.0 Å². The minimum Gasteiger partial charge on any atom is -0.493 e. The number of rotatable bonds is 5. The van der Waals surface area contributed by atoms with Gasteiger partial charge in [-0.2, -0.15) is 10.2 Å². The van der Waals surface area contributed by atoms with Crippen LogP contribution in [-0.4, -0.2) is 57.5 Å². The van der Waals surface area contributed by atoms with Crippen molar-refractivity contribution in [3.05, 3.63) is 98.8 Å². The molecule has 9 nitrogen and oxygen atoms in total. The van der Waals surface area contributed by atoms with Crippen LogP contribution in [0.2, 0.25) is 5.02 Å². The van der Waals surface area contributed by atoms with Gasteiger partial charge in [-0.1, -0.05) is 23.7 Å². The number of carbonyl (C=O) groups is 1. The Morgan fingerprint density at radius 3 is 2.60 bits per heavy atom. The van der Waals surface area contributed by atoms with Crippen molar-refractivity contribution < 1.29 is 23.4 Å². The highest BCUT2D eigenvalue weighted by atomic mass is 35.5. The van der Waals surface area contributed by atoms with Gasteiger partial charge in [-0.05, 0) is 118 Å². The largest absolute Gasteiger partial charge is 0.493 e. The summed E-state index contributed by atoms with van der Waals surface area (Å²) in [6, 6.07) is 15.1. The Bertz CT molecular complexity index is 2290. The molecule has 11 heteroatoms. The average molecular weight is 726 g/mol. The number of carbonyl (C=O) groups excluding carboxylic acids is 1. The van der Waals surface area contributed by atoms with Crippen molar-refractivity contribution in [3.63, 3.8) is 0 Å². The minimum atomic E-state index is -0.392. The standard InChI is InChI=1S/C41H45ClFN5O4/c1-6-46-39-34-15-16-35(42)37(39)38-25(2)26(3)44-48(38)17-7-9-30-24-31(47(45-30)18-20-50-4)13-11-27-21-28-23-29(43)12-14-32(28)36(22-27)52-19-8-10-33(34)40(46)41(49)51-5/h12,14-16,21-24H,6-11,13,17-20H2,1-5H3. The van der Waals surface area contributed by atoms with Gasteiger partial charge in [-0.15, -0.1) is 0 Å². The molecule has 0 fully saturated rings. The van der Waals surface area contributed by atoms with E-state index in [2.05, 4.69) is 23.7 Å². The molecular formula is C41H45ClFN5O4. The molecule has 0 spiro atoms. The van der Waals surface area contributed by atoms with E-state index in [1.807, 2.05) is 41.3 Å². The van der Waals surface area contributed by atoms with Crippen LogP contribution in [0.15, 0.2) is 48.5 Å². The minimum absolute atomic E-state index is 0.287. The van der Waals surface area contributed by atoms with Crippen molar-refractivity contribution in [3.8, 4) is 17.0 Å². The van der Waals surface area contributed by atoms with Crippen molar-refractivity contribution in [1.29, 1.82) is 0 Å². The van der Waals surface area contributed by atoms with Crippen molar-refractivity contribution >= 4 is 39.2 Å².